The largest absolute Gasteiger partial charge is 0.271 e. The molecule has 18 heavy (non-hydrogen) atoms. The third-order valence-corrected chi connectivity index (χ3v) is 2.95. The molecule has 0 amide bonds. The summed E-state index contributed by atoms with van der Waals surface area (Å²) in [6.45, 7) is 4.06. The van der Waals surface area contributed by atoms with Crippen LogP contribution in [0.1, 0.15) is 28.4 Å². The molecule has 0 saturated heterocycles. The molecule has 0 bridgehead atoms. The normalized spacial score (nSPS) is 12.4. The average molecular weight is 245 g/mol. The number of hydrogen-bond acceptors (Lipinski definition) is 3. The number of rotatable bonds is 3. The Hall–Kier alpha value is -1.78. The Balaban J connectivity index is 2.41. The Labute approximate surface area is 106 Å². The average Bonchev–Trinajstić information content (AvgIpc) is 2.35. The monoisotopic (exact) mass is 245 g/mol. The number of benzene rings is 1. The van der Waals surface area contributed by atoms with E-state index in [1.54, 1.807) is 6.07 Å². The van der Waals surface area contributed by atoms with Gasteiger partial charge in [0.05, 0.1) is 17.9 Å². The third-order valence-electron chi connectivity index (χ3n) is 2.95. The van der Waals surface area contributed by atoms with Gasteiger partial charge in [-0.3, -0.25) is 10.8 Å². The number of nitrogens with two attached hydrogens (primary N) is 1. The summed E-state index contributed by atoms with van der Waals surface area (Å²) in [6.07, 6.45) is 1.20. The van der Waals surface area contributed by atoms with E-state index in [4.69, 9.17) is 5.84 Å². The van der Waals surface area contributed by atoms with Crippen LogP contribution in [0.5, 0.6) is 0 Å². The van der Waals surface area contributed by atoms with E-state index in [9.17, 15) is 4.39 Å². The van der Waals surface area contributed by atoms with Gasteiger partial charge in [0.2, 0.25) is 0 Å². The smallest absolute Gasteiger partial charge is 0.141 e. The maximum absolute atomic E-state index is 12.9. The summed E-state index contributed by atoms with van der Waals surface area (Å²) in [4.78, 5) is 4.07. The second kappa shape index (κ2) is 5.25. The molecule has 0 saturated carbocycles. The van der Waals surface area contributed by atoms with Crippen LogP contribution >= 0.6 is 0 Å². The van der Waals surface area contributed by atoms with Crippen molar-refractivity contribution in [3.05, 3.63) is 64.7 Å². The second-order valence-corrected chi connectivity index (χ2v) is 4.36. The predicted octanol–water partition coefficient (Wildman–Crippen LogP) is 2.39. The maximum atomic E-state index is 12.9. The minimum absolute atomic E-state index is 0.230. The first-order valence-corrected chi connectivity index (χ1v) is 5.76. The van der Waals surface area contributed by atoms with Crippen LogP contribution in [-0.4, -0.2) is 4.98 Å². The topological polar surface area (TPSA) is 50.9 Å². The summed E-state index contributed by atoms with van der Waals surface area (Å²) in [5.41, 5.74) is 6.80. The molecule has 2 rings (SSSR count). The Morgan fingerprint density at radius 1 is 1.22 bits per heavy atom. The molecule has 0 aliphatic heterocycles. The second-order valence-electron chi connectivity index (χ2n) is 4.36. The van der Waals surface area contributed by atoms with Crippen LogP contribution in [0.4, 0.5) is 4.39 Å². The third kappa shape index (κ3) is 2.55. The molecule has 1 aromatic heterocycles. The zero-order chi connectivity index (χ0) is 13.1. The maximum Gasteiger partial charge on any atom is 0.141 e. The molecule has 0 aliphatic carbocycles. The van der Waals surface area contributed by atoms with Crippen LogP contribution in [-0.2, 0) is 0 Å². The zero-order valence-electron chi connectivity index (χ0n) is 10.4. The van der Waals surface area contributed by atoms with Gasteiger partial charge in [-0.25, -0.2) is 9.82 Å². The molecule has 1 heterocycles. The van der Waals surface area contributed by atoms with Crippen molar-refractivity contribution in [2.24, 2.45) is 5.84 Å². The molecule has 94 valence electrons. The van der Waals surface area contributed by atoms with Gasteiger partial charge in [0.25, 0.3) is 0 Å². The lowest BCUT2D eigenvalue weighted by atomic mass is 9.97. The number of aryl methyl sites for hydroxylation is 2. The minimum atomic E-state index is -0.352. The van der Waals surface area contributed by atoms with E-state index in [1.807, 2.05) is 26.0 Å². The summed E-state index contributed by atoms with van der Waals surface area (Å²) in [6, 6.07) is 8.92. The summed E-state index contributed by atoms with van der Waals surface area (Å²) in [5, 5.41) is 0. The molecule has 1 atom stereocenters. The van der Waals surface area contributed by atoms with Crippen LogP contribution in [0, 0.1) is 19.7 Å². The zero-order valence-corrected chi connectivity index (χ0v) is 10.4. The summed E-state index contributed by atoms with van der Waals surface area (Å²) < 4.78 is 12.9. The molecule has 2 aromatic rings. The highest BCUT2D eigenvalue weighted by atomic mass is 19.1. The summed E-state index contributed by atoms with van der Waals surface area (Å²) >= 11 is 0. The van der Waals surface area contributed by atoms with Crippen LogP contribution in [0.15, 0.2) is 36.5 Å². The van der Waals surface area contributed by atoms with Gasteiger partial charge in [0.1, 0.15) is 5.82 Å². The highest BCUT2D eigenvalue weighted by Gasteiger charge is 2.15. The van der Waals surface area contributed by atoms with Crippen LogP contribution < -0.4 is 11.3 Å². The van der Waals surface area contributed by atoms with E-state index in [0.717, 1.165) is 11.1 Å². The van der Waals surface area contributed by atoms with E-state index in [-0.39, 0.29) is 11.9 Å². The minimum Gasteiger partial charge on any atom is -0.271 e. The van der Waals surface area contributed by atoms with Gasteiger partial charge in [-0.2, -0.15) is 0 Å². The highest BCUT2D eigenvalue weighted by Crippen LogP contribution is 2.23. The lowest BCUT2D eigenvalue weighted by Gasteiger charge is -2.18. The van der Waals surface area contributed by atoms with Crippen molar-refractivity contribution in [3.63, 3.8) is 0 Å². The van der Waals surface area contributed by atoms with Crippen molar-refractivity contribution >= 4 is 0 Å². The Morgan fingerprint density at radius 3 is 2.56 bits per heavy atom. The van der Waals surface area contributed by atoms with Gasteiger partial charge in [-0.05, 0) is 37.1 Å². The molecule has 0 spiro atoms. The van der Waals surface area contributed by atoms with Crippen LogP contribution in [0.25, 0.3) is 0 Å². The van der Waals surface area contributed by atoms with Crippen molar-refractivity contribution in [2.45, 2.75) is 19.9 Å². The van der Waals surface area contributed by atoms with Gasteiger partial charge in [0, 0.05) is 0 Å². The van der Waals surface area contributed by atoms with Gasteiger partial charge < -0.3 is 0 Å². The lowest BCUT2D eigenvalue weighted by Crippen LogP contribution is -2.30. The number of pyridine rings is 1. The van der Waals surface area contributed by atoms with Crippen LogP contribution in [0.3, 0.4) is 0 Å². The van der Waals surface area contributed by atoms with Gasteiger partial charge in [0.15, 0.2) is 0 Å². The molecular formula is C14H16FN3. The van der Waals surface area contributed by atoms with E-state index in [1.165, 1.54) is 17.8 Å². The molecule has 4 heteroatoms. The number of aromatic nitrogens is 1. The van der Waals surface area contributed by atoms with E-state index in [2.05, 4.69) is 16.5 Å². The number of halogens is 1. The Bertz CT molecular complexity index is 537. The fraction of sp³-hybridized carbons (Fsp3) is 0.214. The molecule has 0 radical (unpaired) electrons. The first-order chi connectivity index (χ1) is 8.61. The predicted molar refractivity (Wildman–Crippen MR) is 69.3 cm³/mol. The molecule has 3 nitrogen and oxygen atoms in total. The van der Waals surface area contributed by atoms with Crippen molar-refractivity contribution < 1.29 is 4.39 Å². The van der Waals surface area contributed by atoms with Gasteiger partial charge in [-0.1, -0.05) is 23.8 Å². The number of nitrogens with one attached hydrogen (secondary N) is 1. The molecule has 1 unspecified atom stereocenters. The van der Waals surface area contributed by atoms with Crippen molar-refractivity contribution in [1.29, 1.82) is 0 Å². The molecule has 3 N–H and O–H groups in total. The standard InChI is InChI=1S/C14H16FN3/c1-9-3-5-12(10(2)7-9)14(18-16)13-6-4-11(15)8-17-13/h3-8,14,18H,16H2,1-2H3. The lowest BCUT2D eigenvalue weighted by molar-refractivity contribution is 0.595. The number of hydrazine groups is 1. The van der Waals surface area contributed by atoms with Crippen molar-refractivity contribution in [1.82, 2.24) is 10.4 Å². The van der Waals surface area contributed by atoms with Gasteiger partial charge >= 0.3 is 0 Å². The van der Waals surface area contributed by atoms with Crippen molar-refractivity contribution in [2.75, 3.05) is 0 Å². The highest BCUT2D eigenvalue weighted by molar-refractivity contribution is 5.36. The van der Waals surface area contributed by atoms with E-state index >= 15 is 0 Å². The first kappa shape index (κ1) is 12.7. The SMILES string of the molecule is Cc1ccc(C(NN)c2ccc(F)cn2)c(C)c1. The van der Waals surface area contributed by atoms with Crippen LogP contribution in [0.2, 0.25) is 0 Å². The van der Waals surface area contributed by atoms with E-state index in [0.29, 0.717) is 5.69 Å². The Kier molecular flexibility index (Phi) is 3.69. The number of nitrogens with zero attached hydrogens (tertiary/aromatic N) is 1. The Morgan fingerprint density at radius 2 is 2.00 bits per heavy atom. The molecule has 1 aromatic carbocycles. The quantitative estimate of drug-likeness (QED) is 0.645. The van der Waals surface area contributed by atoms with E-state index < -0.39 is 0 Å². The molecular weight excluding hydrogens is 229 g/mol. The number of hydrogen-bond donors (Lipinski definition) is 2. The van der Waals surface area contributed by atoms with Gasteiger partial charge in [-0.15, -0.1) is 0 Å². The summed E-state index contributed by atoms with van der Waals surface area (Å²) in [7, 11) is 0. The molecule has 0 aliphatic rings. The summed E-state index contributed by atoms with van der Waals surface area (Å²) in [5.74, 6) is 5.25. The fourth-order valence-electron chi connectivity index (χ4n) is 2.04. The molecule has 0 fully saturated rings. The first-order valence-electron chi connectivity index (χ1n) is 5.76. The fourth-order valence-corrected chi connectivity index (χ4v) is 2.04. The van der Waals surface area contributed by atoms with Crippen molar-refractivity contribution in [3.8, 4) is 0 Å².